The predicted octanol–water partition coefficient (Wildman–Crippen LogP) is 4.75. The molecule has 4 aromatic rings. The molecule has 2 heterocycles. The molecule has 20 heavy (non-hydrogen) atoms. The van der Waals surface area contributed by atoms with E-state index in [0.717, 1.165) is 22.5 Å². The number of imidazole rings is 1. The topological polar surface area (TPSA) is 17.8 Å². The number of hydrogen-bond acceptors (Lipinski definition) is 2. The van der Waals surface area contributed by atoms with Crippen LogP contribution in [0.2, 0.25) is 0 Å². The number of para-hydroxylation sites is 3. The monoisotopic (exact) mass is 276 g/mol. The lowest BCUT2D eigenvalue weighted by Gasteiger charge is -2.07. The van der Waals surface area contributed by atoms with Crippen molar-refractivity contribution in [2.24, 2.45) is 0 Å². The lowest BCUT2D eigenvalue weighted by Crippen LogP contribution is -1.95. The van der Waals surface area contributed by atoms with Crippen LogP contribution < -0.4 is 0 Å². The summed E-state index contributed by atoms with van der Waals surface area (Å²) in [6, 6.07) is 22.8. The van der Waals surface area contributed by atoms with Crippen LogP contribution in [0.4, 0.5) is 0 Å². The van der Waals surface area contributed by atoms with Gasteiger partial charge in [-0.05, 0) is 35.7 Å². The summed E-state index contributed by atoms with van der Waals surface area (Å²) in [6.45, 7) is 0. The zero-order valence-corrected chi connectivity index (χ0v) is 11.5. The van der Waals surface area contributed by atoms with Gasteiger partial charge in [0.2, 0.25) is 0 Å². The number of thiophene rings is 1. The molecule has 0 aliphatic rings. The maximum Gasteiger partial charge on any atom is 0.155 e. The quantitative estimate of drug-likeness (QED) is 0.516. The number of benzene rings is 2. The molecule has 2 aromatic heterocycles. The molecule has 0 N–H and O–H groups in total. The third kappa shape index (κ3) is 1.75. The standard InChI is InChI=1S/C17H12N2S/c1-2-7-13(8-3-1)19-15-10-5-4-9-14(15)18-17(19)16-11-6-12-20-16/h1-12H. The second-order valence-electron chi connectivity index (χ2n) is 4.57. The molecular weight excluding hydrogens is 264 g/mol. The van der Waals surface area contributed by atoms with E-state index in [1.807, 2.05) is 12.1 Å². The Morgan fingerprint density at radius 3 is 2.40 bits per heavy atom. The number of rotatable bonds is 2. The average Bonchev–Trinajstić information content (AvgIpc) is 3.15. The maximum atomic E-state index is 4.80. The van der Waals surface area contributed by atoms with Crippen LogP contribution >= 0.6 is 11.3 Å². The van der Waals surface area contributed by atoms with Crippen LogP contribution in [0.5, 0.6) is 0 Å². The van der Waals surface area contributed by atoms with Crippen molar-refractivity contribution < 1.29 is 0 Å². The Labute approximate surface area is 121 Å². The van der Waals surface area contributed by atoms with Gasteiger partial charge >= 0.3 is 0 Å². The first-order valence-corrected chi connectivity index (χ1v) is 7.38. The van der Waals surface area contributed by atoms with E-state index >= 15 is 0 Å². The van der Waals surface area contributed by atoms with Gasteiger partial charge in [0.1, 0.15) is 0 Å². The molecular formula is C17H12N2S. The van der Waals surface area contributed by atoms with E-state index < -0.39 is 0 Å². The predicted molar refractivity (Wildman–Crippen MR) is 84.4 cm³/mol. The van der Waals surface area contributed by atoms with Crippen molar-refractivity contribution in [2.45, 2.75) is 0 Å². The van der Waals surface area contributed by atoms with Gasteiger partial charge in [-0.15, -0.1) is 11.3 Å². The molecule has 3 heteroatoms. The van der Waals surface area contributed by atoms with Crippen LogP contribution in [0.15, 0.2) is 72.1 Å². The first kappa shape index (κ1) is 11.4. The number of aromatic nitrogens is 2. The van der Waals surface area contributed by atoms with E-state index in [0.29, 0.717) is 0 Å². The fourth-order valence-electron chi connectivity index (χ4n) is 2.44. The Morgan fingerprint density at radius 2 is 1.60 bits per heavy atom. The summed E-state index contributed by atoms with van der Waals surface area (Å²) >= 11 is 1.72. The normalized spacial score (nSPS) is 11.0. The summed E-state index contributed by atoms with van der Waals surface area (Å²) in [6.07, 6.45) is 0. The molecule has 0 amide bonds. The van der Waals surface area contributed by atoms with Crippen molar-refractivity contribution in [3.05, 3.63) is 72.1 Å². The zero-order valence-electron chi connectivity index (χ0n) is 10.7. The second kappa shape index (κ2) is 4.62. The third-order valence-electron chi connectivity index (χ3n) is 3.32. The van der Waals surface area contributed by atoms with Crippen molar-refractivity contribution in [3.8, 4) is 16.4 Å². The van der Waals surface area contributed by atoms with E-state index in [1.165, 1.54) is 4.88 Å². The molecule has 0 bridgehead atoms. The molecule has 2 aromatic carbocycles. The Kier molecular flexibility index (Phi) is 2.64. The van der Waals surface area contributed by atoms with Crippen LogP contribution in [0, 0.1) is 0 Å². The molecule has 2 nitrogen and oxygen atoms in total. The molecule has 0 unspecified atom stereocenters. The molecule has 4 rings (SSSR count). The molecule has 0 saturated carbocycles. The summed E-state index contributed by atoms with van der Waals surface area (Å²) in [5.74, 6) is 1.01. The van der Waals surface area contributed by atoms with Gasteiger partial charge in [0.25, 0.3) is 0 Å². The lowest BCUT2D eigenvalue weighted by molar-refractivity contribution is 1.11. The maximum absolute atomic E-state index is 4.80. The van der Waals surface area contributed by atoms with E-state index in [1.54, 1.807) is 11.3 Å². The van der Waals surface area contributed by atoms with E-state index in [-0.39, 0.29) is 0 Å². The van der Waals surface area contributed by atoms with Crippen molar-refractivity contribution in [1.82, 2.24) is 9.55 Å². The summed E-state index contributed by atoms with van der Waals surface area (Å²) in [5, 5.41) is 2.09. The van der Waals surface area contributed by atoms with Crippen molar-refractivity contribution in [2.75, 3.05) is 0 Å². The van der Waals surface area contributed by atoms with Gasteiger partial charge in [0, 0.05) is 5.69 Å². The number of fused-ring (bicyclic) bond motifs is 1. The van der Waals surface area contributed by atoms with Crippen molar-refractivity contribution in [1.29, 1.82) is 0 Å². The Balaban J connectivity index is 2.09. The summed E-state index contributed by atoms with van der Waals surface area (Å²) in [5.41, 5.74) is 3.31. The summed E-state index contributed by atoms with van der Waals surface area (Å²) in [4.78, 5) is 5.99. The van der Waals surface area contributed by atoms with Crippen LogP contribution in [-0.2, 0) is 0 Å². The molecule has 96 valence electrons. The van der Waals surface area contributed by atoms with Crippen molar-refractivity contribution in [3.63, 3.8) is 0 Å². The lowest BCUT2D eigenvalue weighted by atomic mass is 10.2. The Morgan fingerprint density at radius 1 is 0.800 bits per heavy atom. The van der Waals surface area contributed by atoms with Crippen LogP contribution in [0.25, 0.3) is 27.4 Å². The van der Waals surface area contributed by atoms with Crippen LogP contribution in [-0.4, -0.2) is 9.55 Å². The van der Waals surface area contributed by atoms with E-state index in [4.69, 9.17) is 4.98 Å². The number of nitrogens with zero attached hydrogens (tertiary/aromatic N) is 2. The highest BCUT2D eigenvalue weighted by Crippen LogP contribution is 2.30. The summed E-state index contributed by atoms with van der Waals surface area (Å²) in [7, 11) is 0. The minimum absolute atomic E-state index is 1.01. The summed E-state index contributed by atoms with van der Waals surface area (Å²) < 4.78 is 2.22. The first-order chi connectivity index (χ1) is 9.93. The molecule has 0 saturated heterocycles. The minimum atomic E-state index is 1.01. The molecule has 0 radical (unpaired) electrons. The smallest absolute Gasteiger partial charge is 0.155 e. The van der Waals surface area contributed by atoms with E-state index in [2.05, 4.69) is 64.5 Å². The largest absolute Gasteiger partial charge is 0.292 e. The van der Waals surface area contributed by atoms with Gasteiger partial charge in [-0.2, -0.15) is 0 Å². The zero-order chi connectivity index (χ0) is 13.4. The first-order valence-electron chi connectivity index (χ1n) is 6.50. The van der Waals surface area contributed by atoms with Crippen molar-refractivity contribution >= 4 is 22.4 Å². The van der Waals surface area contributed by atoms with Gasteiger partial charge in [-0.3, -0.25) is 4.57 Å². The van der Waals surface area contributed by atoms with Gasteiger partial charge in [0.05, 0.1) is 15.9 Å². The van der Waals surface area contributed by atoms with Gasteiger partial charge in [0.15, 0.2) is 5.82 Å². The number of hydrogen-bond donors (Lipinski definition) is 0. The highest BCUT2D eigenvalue weighted by molar-refractivity contribution is 7.13. The van der Waals surface area contributed by atoms with Crippen LogP contribution in [0.1, 0.15) is 0 Å². The van der Waals surface area contributed by atoms with Gasteiger partial charge in [-0.25, -0.2) is 4.98 Å². The molecule has 0 aliphatic carbocycles. The SMILES string of the molecule is c1ccc(-n2c(-c3cccs3)nc3ccccc32)cc1. The Bertz CT molecular complexity index is 845. The van der Waals surface area contributed by atoms with E-state index in [9.17, 15) is 0 Å². The van der Waals surface area contributed by atoms with Crippen LogP contribution in [0.3, 0.4) is 0 Å². The average molecular weight is 276 g/mol. The van der Waals surface area contributed by atoms with Gasteiger partial charge in [-0.1, -0.05) is 36.4 Å². The fraction of sp³-hybridized carbons (Fsp3) is 0. The molecule has 0 fully saturated rings. The second-order valence-corrected chi connectivity index (χ2v) is 5.52. The minimum Gasteiger partial charge on any atom is -0.292 e. The highest BCUT2D eigenvalue weighted by Gasteiger charge is 2.14. The third-order valence-corrected chi connectivity index (χ3v) is 4.18. The van der Waals surface area contributed by atoms with Gasteiger partial charge < -0.3 is 0 Å². The highest BCUT2D eigenvalue weighted by atomic mass is 32.1. The molecule has 0 aliphatic heterocycles. The fourth-order valence-corrected chi connectivity index (χ4v) is 3.14. The Hall–Kier alpha value is -2.39. The molecule has 0 atom stereocenters. The molecule has 0 spiro atoms.